The van der Waals surface area contributed by atoms with E-state index in [2.05, 4.69) is 15.1 Å². The predicted octanol–water partition coefficient (Wildman–Crippen LogP) is 1.98. The molecule has 1 saturated heterocycles. The van der Waals surface area contributed by atoms with Crippen LogP contribution in [-0.4, -0.2) is 62.5 Å². The van der Waals surface area contributed by atoms with Gasteiger partial charge in [-0.05, 0) is 50.2 Å². The normalized spacial score (nSPS) is 29.6. The van der Waals surface area contributed by atoms with E-state index in [1.54, 1.807) is 0 Å². The van der Waals surface area contributed by atoms with E-state index >= 15 is 0 Å². The SMILES string of the molecule is Cc1nnc2ccc(C(=O)N3CCN(C4CC5CCC4C5)CC3)cn12. The van der Waals surface area contributed by atoms with Gasteiger partial charge in [-0.25, -0.2) is 0 Å². The number of aryl methyl sites for hydroxylation is 1. The number of aromatic nitrogens is 3. The second-order valence-electron chi connectivity index (χ2n) is 7.96. The van der Waals surface area contributed by atoms with Gasteiger partial charge in [-0.3, -0.25) is 14.1 Å². The van der Waals surface area contributed by atoms with E-state index < -0.39 is 0 Å². The Morgan fingerprint density at radius 1 is 1.08 bits per heavy atom. The van der Waals surface area contributed by atoms with Gasteiger partial charge in [0.2, 0.25) is 0 Å². The van der Waals surface area contributed by atoms with Gasteiger partial charge in [-0.2, -0.15) is 0 Å². The standard InChI is InChI=1S/C19H25N5O/c1-13-20-21-18-5-4-16(12-24(13)18)19(25)23-8-6-22(7-9-23)17-11-14-2-3-15(17)10-14/h4-5,12,14-15,17H,2-3,6-11H2,1H3. The lowest BCUT2D eigenvalue weighted by molar-refractivity contribution is 0.0495. The average Bonchev–Trinajstić information content (AvgIpc) is 3.37. The van der Waals surface area contributed by atoms with Crippen LogP contribution >= 0.6 is 0 Å². The Morgan fingerprint density at radius 3 is 2.64 bits per heavy atom. The maximum Gasteiger partial charge on any atom is 0.255 e. The summed E-state index contributed by atoms with van der Waals surface area (Å²) in [6.45, 7) is 5.63. The maximum atomic E-state index is 12.9. The van der Waals surface area contributed by atoms with E-state index in [1.165, 1.54) is 25.7 Å². The molecule has 2 aromatic heterocycles. The van der Waals surface area contributed by atoms with Crippen molar-refractivity contribution in [2.24, 2.45) is 11.8 Å². The molecule has 0 aromatic carbocycles. The second kappa shape index (κ2) is 5.80. The average molecular weight is 339 g/mol. The van der Waals surface area contributed by atoms with Gasteiger partial charge in [0.05, 0.1) is 5.56 Å². The lowest BCUT2D eigenvalue weighted by atomic mass is 9.93. The first-order chi connectivity index (χ1) is 12.2. The number of pyridine rings is 1. The van der Waals surface area contributed by atoms with Crippen molar-refractivity contribution in [1.29, 1.82) is 0 Å². The Bertz CT molecular complexity index is 807. The molecule has 2 aromatic rings. The zero-order chi connectivity index (χ0) is 17.0. The summed E-state index contributed by atoms with van der Waals surface area (Å²) in [5.74, 6) is 2.84. The Balaban J connectivity index is 1.26. The van der Waals surface area contributed by atoms with Gasteiger partial charge in [-0.15, -0.1) is 10.2 Å². The molecule has 2 bridgehead atoms. The monoisotopic (exact) mass is 339 g/mol. The van der Waals surface area contributed by atoms with Gasteiger partial charge in [0.1, 0.15) is 5.82 Å². The number of amides is 1. The first kappa shape index (κ1) is 15.3. The largest absolute Gasteiger partial charge is 0.336 e. The van der Waals surface area contributed by atoms with Gasteiger partial charge in [0.25, 0.3) is 5.91 Å². The highest BCUT2D eigenvalue weighted by Gasteiger charge is 2.42. The fourth-order valence-electron chi connectivity index (χ4n) is 5.23. The van der Waals surface area contributed by atoms with Crippen molar-refractivity contribution in [1.82, 2.24) is 24.4 Å². The molecule has 0 radical (unpaired) electrons. The number of fused-ring (bicyclic) bond motifs is 3. The fourth-order valence-corrected chi connectivity index (χ4v) is 5.23. The number of carbonyl (C=O) groups is 1. The molecule has 0 spiro atoms. The molecule has 25 heavy (non-hydrogen) atoms. The summed E-state index contributed by atoms with van der Waals surface area (Å²) in [4.78, 5) is 17.5. The molecule has 6 heteroatoms. The van der Waals surface area contributed by atoms with Crippen molar-refractivity contribution in [2.45, 2.75) is 38.6 Å². The van der Waals surface area contributed by atoms with Crippen LogP contribution in [-0.2, 0) is 0 Å². The lowest BCUT2D eigenvalue weighted by Gasteiger charge is -2.41. The number of rotatable bonds is 2. The van der Waals surface area contributed by atoms with Crippen molar-refractivity contribution in [3.63, 3.8) is 0 Å². The molecule has 3 fully saturated rings. The molecular weight excluding hydrogens is 314 g/mol. The van der Waals surface area contributed by atoms with E-state index in [0.29, 0.717) is 0 Å². The van der Waals surface area contributed by atoms with E-state index in [-0.39, 0.29) is 5.91 Å². The van der Waals surface area contributed by atoms with Crippen LogP contribution in [0.2, 0.25) is 0 Å². The number of carbonyl (C=O) groups excluding carboxylic acids is 1. The lowest BCUT2D eigenvalue weighted by Crippen LogP contribution is -2.53. The van der Waals surface area contributed by atoms with Crippen LogP contribution in [0.5, 0.6) is 0 Å². The Morgan fingerprint density at radius 2 is 1.92 bits per heavy atom. The number of hydrogen-bond donors (Lipinski definition) is 0. The molecule has 3 atom stereocenters. The summed E-state index contributed by atoms with van der Waals surface area (Å²) in [7, 11) is 0. The van der Waals surface area contributed by atoms with Crippen LogP contribution < -0.4 is 0 Å². The van der Waals surface area contributed by atoms with Crippen molar-refractivity contribution >= 4 is 11.6 Å². The van der Waals surface area contributed by atoms with E-state index in [1.807, 2.05) is 34.6 Å². The molecule has 2 aliphatic carbocycles. The Labute approximate surface area is 147 Å². The van der Waals surface area contributed by atoms with Gasteiger partial charge in [-0.1, -0.05) is 6.42 Å². The van der Waals surface area contributed by atoms with Crippen molar-refractivity contribution in [3.8, 4) is 0 Å². The van der Waals surface area contributed by atoms with Gasteiger partial charge in [0.15, 0.2) is 5.65 Å². The summed E-state index contributed by atoms with van der Waals surface area (Å²) >= 11 is 0. The highest BCUT2D eigenvalue weighted by molar-refractivity contribution is 5.94. The molecule has 3 unspecified atom stereocenters. The van der Waals surface area contributed by atoms with Crippen LogP contribution in [0, 0.1) is 18.8 Å². The molecule has 5 rings (SSSR count). The highest BCUT2D eigenvalue weighted by atomic mass is 16.2. The minimum Gasteiger partial charge on any atom is -0.336 e. The minimum atomic E-state index is 0.127. The van der Waals surface area contributed by atoms with Crippen LogP contribution in [0.4, 0.5) is 0 Å². The quantitative estimate of drug-likeness (QED) is 0.840. The third-order valence-corrected chi connectivity index (χ3v) is 6.59. The molecule has 6 nitrogen and oxygen atoms in total. The Kier molecular flexibility index (Phi) is 3.55. The van der Waals surface area contributed by atoms with Crippen molar-refractivity contribution in [2.75, 3.05) is 26.2 Å². The molecule has 3 aliphatic rings. The number of nitrogens with zero attached hydrogens (tertiary/aromatic N) is 5. The minimum absolute atomic E-state index is 0.127. The summed E-state index contributed by atoms with van der Waals surface area (Å²) in [6.07, 6.45) is 7.58. The molecule has 1 amide bonds. The number of hydrogen-bond acceptors (Lipinski definition) is 4. The molecular formula is C19H25N5O. The second-order valence-corrected chi connectivity index (χ2v) is 7.96. The summed E-state index contributed by atoms with van der Waals surface area (Å²) in [5.41, 5.74) is 1.51. The van der Waals surface area contributed by atoms with E-state index in [0.717, 1.165) is 61.1 Å². The van der Waals surface area contributed by atoms with Crippen LogP contribution in [0.3, 0.4) is 0 Å². The van der Waals surface area contributed by atoms with Crippen molar-refractivity contribution < 1.29 is 4.79 Å². The number of piperazine rings is 1. The molecule has 132 valence electrons. The molecule has 1 aliphatic heterocycles. The topological polar surface area (TPSA) is 53.7 Å². The summed E-state index contributed by atoms with van der Waals surface area (Å²) in [6, 6.07) is 4.53. The zero-order valence-corrected chi connectivity index (χ0v) is 14.8. The smallest absolute Gasteiger partial charge is 0.255 e. The van der Waals surface area contributed by atoms with Crippen LogP contribution in [0.1, 0.15) is 41.9 Å². The predicted molar refractivity (Wildman–Crippen MR) is 94.4 cm³/mol. The highest BCUT2D eigenvalue weighted by Crippen LogP contribution is 2.46. The zero-order valence-electron chi connectivity index (χ0n) is 14.8. The van der Waals surface area contributed by atoms with Gasteiger partial charge < -0.3 is 4.90 Å². The van der Waals surface area contributed by atoms with Crippen LogP contribution in [0.25, 0.3) is 5.65 Å². The van der Waals surface area contributed by atoms with Crippen LogP contribution in [0.15, 0.2) is 18.3 Å². The fraction of sp³-hybridized carbons (Fsp3) is 0.632. The third-order valence-electron chi connectivity index (χ3n) is 6.59. The van der Waals surface area contributed by atoms with E-state index in [4.69, 9.17) is 0 Å². The first-order valence-electron chi connectivity index (χ1n) is 9.54. The van der Waals surface area contributed by atoms with Gasteiger partial charge >= 0.3 is 0 Å². The van der Waals surface area contributed by atoms with Crippen molar-refractivity contribution in [3.05, 3.63) is 29.7 Å². The first-order valence-corrected chi connectivity index (χ1v) is 9.54. The molecule has 3 heterocycles. The molecule has 2 saturated carbocycles. The third kappa shape index (κ3) is 2.54. The summed E-state index contributed by atoms with van der Waals surface area (Å²) in [5, 5.41) is 8.15. The maximum absolute atomic E-state index is 12.9. The summed E-state index contributed by atoms with van der Waals surface area (Å²) < 4.78 is 1.89. The van der Waals surface area contributed by atoms with E-state index in [9.17, 15) is 4.79 Å². The van der Waals surface area contributed by atoms with Gasteiger partial charge in [0, 0.05) is 38.4 Å². The Hall–Kier alpha value is -1.95. The molecule has 0 N–H and O–H groups in total.